The molecule has 3 aromatic carbocycles. The Hall–Kier alpha value is -3.31. The Kier molecular flexibility index (Phi) is 7.68. The normalized spacial score (nSPS) is 12.7. The number of nitrogens with one attached hydrogen (secondary N) is 1. The van der Waals surface area contributed by atoms with Crippen LogP contribution in [0.25, 0.3) is 11.1 Å². The van der Waals surface area contributed by atoms with E-state index in [4.69, 9.17) is 16.7 Å². The maximum atomic E-state index is 12.7. The van der Waals surface area contributed by atoms with E-state index in [-0.39, 0.29) is 11.9 Å². The summed E-state index contributed by atoms with van der Waals surface area (Å²) in [7, 11) is 2.07. The van der Waals surface area contributed by atoms with E-state index in [2.05, 4.69) is 54.5 Å². The lowest BCUT2D eigenvalue weighted by Crippen LogP contribution is -2.38. The summed E-state index contributed by atoms with van der Waals surface area (Å²) in [5, 5.41) is 12.4. The van der Waals surface area contributed by atoms with Gasteiger partial charge in [-0.15, -0.1) is 0 Å². The van der Waals surface area contributed by atoms with Gasteiger partial charge in [-0.05, 0) is 86.2 Å². The monoisotopic (exact) mass is 478 g/mol. The molecule has 0 saturated carbocycles. The number of carboxylic acids is 1. The number of rotatable bonds is 7. The van der Waals surface area contributed by atoms with E-state index >= 15 is 0 Å². The molecule has 178 valence electrons. The molecule has 0 fully saturated rings. The third-order valence-corrected chi connectivity index (χ3v) is 6.73. The van der Waals surface area contributed by atoms with Crippen molar-refractivity contribution < 1.29 is 14.7 Å². The summed E-state index contributed by atoms with van der Waals surface area (Å²) in [6.45, 7) is 9.37. The molecule has 0 saturated heterocycles. The average molecular weight is 479 g/mol. The Labute approximate surface area is 206 Å². The zero-order chi connectivity index (χ0) is 25.2. The number of aryl methyl sites for hydroxylation is 3. The minimum absolute atomic E-state index is 0.150. The summed E-state index contributed by atoms with van der Waals surface area (Å²) in [5.41, 5.74) is 7.47. The molecule has 3 rings (SSSR count). The number of carbonyl (C=O) groups excluding carboxylic acids is 1. The smallest absolute Gasteiger partial charge is 0.325 e. The van der Waals surface area contributed by atoms with E-state index in [1.165, 1.54) is 12.5 Å². The third kappa shape index (κ3) is 5.42. The van der Waals surface area contributed by atoms with E-state index in [9.17, 15) is 9.59 Å². The van der Waals surface area contributed by atoms with Crippen LogP contribution >= 0.6 is 11.6 Å². The summed E-state index contributed by atoms with van der Waals surface area (Å²) in [6.07, 6.45) is 0. The number of hydrogen-bond donors (Lipinski definition) is 2. The number of benzene rings is 3. The van der Waals surface area contributed by atoms with Crippen molar-refractivity contribution in [2.24, 2.45) is 0 Å². The van der Waals surface area contributed by atoms with Crippen LogP contribution < -0.4 is 10.2 Å². The Morgan fingerprint density at radius 2 is 1.56 bits per heavy atom. The maximum Gasteiger partial charge on any atom is 0.325 e. The van der Waals surface area contributed by atoms with E-state index in [0.29, 0.717) is 5.56 Å². The maximum absolute atomic E-state index is 12.7. The Bertz CT molecular complexity index is 1220. The molecule has 5 nitrogen and oxygen atoms in total. The van der Waals surface area contributed by atoms with Crippen LogP contribution in [0.1, 0.15) is 52.5 Å². The van der Waals surface area contributed by atoms with Crippen molar-refractivity contribution in [3.05, 3.63) is 87.4 Å². The quantitative estimate of drug-likeness (QED) is 0.416. The average Bonchev–Trinajstić information content (AvgIpc) is 2.79. The molecule has 34 heavy (non-hydrogen) atoms. The summed E-state index contributed by atoms with van der Waals surface area (Å²) < 4.78 is 0. The predicted molar refractivity (Wildman–Crippen MR) is 139 cm³/mol. The van der Waals surface area contributed by atoms with Crippen molar-refractivity contribution in [1.29, 1.82) is 0 Å². The van der Waals surface area contributed by atoms with Crippen LogP contribution in [0.4, 0.5) is 5.69 Å². The molecule has 0 aliphatic rings. The van der Waals surface area contributed by atoms with E-state index in [1.807, 2.05) is 45.0 Å². The van der Waals surface area contributed by atoms with Gasteiger partial charge >= 0.3 is 5.97 Å². The van der Waals surface area contributed by atoms with Crippen LogP contribution in [0.3, 0.4) is 0 Å². The molecule has 0 aliphatic heterocycles. The molecule has 0 radical (unpaired) electrons. The molecule has 0 spiro atoms. The number of halogens is 1. The lowest BCUT2D eigenvalue weighted by molar-refractivity contribution is -0.138. The van der Waals surface area contributed by atoms with E-state index in [0.717, 1.165) is 38.5 Å². The zero-order valence-electron chi connectivity index (χ0n) is 20.4. The molecule has 0 heterocycles. The van der Waals surface area contributed by atoms with Crippen LogP contribution in [0.5, 0.6) is 0 Å². The Morgan fingerprint density at radius 3 is 2.15 bits per heavy atom. The third-order valence-electron chi connectivity index (χ3n) is 6.31. The second-order valence-electron chi connectivity index (χ2n) is 8.86. The SMILES string of the molecule is Cc1cc(C(C)N(C)c2cccc(-c3cc(C)c(C(=O)NC(C)C(=O)O)c(C)c3)c2)ccc1Cl. The van der Waals surface area contributed by atoms with Gasteiger partial charge in [0.2, 0.25) is 0 Å². The fourth-order valence-electron chi connectivity index (χ4n) is 4.10. The van der Waals surface area contributed by atoms with Crippen LogP contribution in [-0.2, 0) is 4.79 Å². The number of aliphatic carboxylic acids is 1. The van der Waals surface area contributed by atoms with E-state index in [1.54, 1.807) is 0 Å². The van der Waals surface area contributed by atoms with Gasteiger partial charge in [0.05, 0.1) is 6.04 Å². The Balaban J connectivity index is 1.89. The summed E-state index contributed by atoms with van der Waals surface area (Å²) in [6, 6.07) is 17.6. The van der Waals surface area contributed by atoms with Crippen molar-refractivity contribution in [3.8, 4) is 11.1 Å². The van der Waals surface area contributed by atoms with Crippen molar-refractivity contribution in [2.45, 2.75) is 46.7 Å². The second kappa shape index (κ2) is 10.3. The molecule has 0 bridgehead atoms. The van der Waals surface area contributed by atoms with Crippen LogP contribution in [0, 0.1) is 20.8 Å². The van der Waals surface area contributed by atoms with Crippen molar-refractivity contribution in [1.82, 2.24) is 5.32 Å². The van der Waals surface area contributed by atoms with Gasteiger partial charge in [-0.1, -0.05) is 48.0 Å². The molecule has 1 amide bonds. The molecule has 2 atom stereocenters. The molecule has 0 aliphatic carbocycles. The lowest BCUT2D eigenvalue weighted by Gasteiger charge is -2.28. The van der Waals surface area contributed by atoms with Crippen LogP contribution in [-0.4, -0.2) is 30.1 Å². The highest BCUT2D eigenvalue weighted by molar-refractivity contribution is 6.31. The molecule has 6 heteroatoms. The van der Waals surface area contributed by atoms with Crippen molar-refractivity contribution >= 4 is 29.2 Å². The Morgan fingerprint density at radius 1 is 0.912 bits per heavy atom. The van der Waals surface area contributed by atoms with Crippen LogP contribution in [0.15, 0.2) is 54.6 Å². The van der Waals surface area contributed by atoms with Gasteiger partial charge < -0.3 is 15.3 Å². The predicted octanol–water partition coefficient (Wildman–Crippen LogP) is 6.33. The topological polar surface area (TPSA) is 69.6 Å². The van der Waals surface area contributed by atoms with Gasteiger partial charge in [0, 0.05) is 23.3 Å². The summed E-state index contributed by atoms with van der Waals surface area (Å²) >= 11 is 6.20. The number of hydrogen-bond acceptors (Lipinski definition) is 3. The van der Waals surface area contributed by atoms with Gasteiger partial charge in [-0.2, -0.15) is 0 Å². The first-order valence-electron chi connectivity index (χ1n) is 11.2. The molecular weight excluding hydrogens is 448 g/mol. The molecule has 2 N–H and O–H groups in total. The van der Waals surface area contributed by atoms with Crippen molar-refractivity contribution in [2.75, 3.05) is 11.9 Å². The minimum atomic E-state index is -1.07. The van der Waals surface area contributed by atoms with Gasteiger partial charge in [-0.25, -0.2) is 0 Å². The first kappa shape index (κ1) is 25.3. The molecular formula is C28H31ClN2O3. The lowest BCUT2D eigenvalue weighted by atomic mass is 9.94. The first-order chi connectivity index (χ1) is 16.0. The molecule has 3 aromatic rings. The first-order valence-corrected chi connectivity index (χ1v) is 11.6. The molecule has 2 unspecified atom stereocenters. The number of carboxylic acid groups (broad SMARTS) is 1. The largest absolute Gasteiger partial charge is 0.480 e. The molecule has 0 aromatic heterocycles. The number of carbonyl (C=O) groups is 2. The zero-order valence-corrected chi connectivity index (χ0v) is 21.2. The minimum Gasteiger partial charge on any atom is -0.480 e. The van der Waals surface area contributed by atoms with E-state index < -0.39 is 12.0 Å². The van der Waals surface area contributed by atoms with Gasteiger partial charge in [-0.3, -0.25) is 9.59 Å². The second-order valence-corrected chi connectivity index (χ2v) is 9.27. The standard InChI is InChI=1S/C28H31ClN2O3/c1-16-12-21(10-11-25(16)29)20(5)31(6)24-9-7-8-22(15-24)23-13-17(2)26(18(3)14-23)27(32)30-19(4)28(33)34/h7-15,19-20H,1-6H3,(H,30,32)(H,33,34). The van der Waals surface area contributed by atoms with Crippen LogP contribution in [0.2, 0.25) is 5.02 Å². The number of nitrogens with zero attached hydrogens (tertiary/aromatic N) is 1. The summed E-state index contributed by atoms with van der Waals surface area (Å²) in [4.78, 5) is 26.0. The highest BCUT2D eigenvalue weighted by Crippen LogP contribution is 2.32. The highest BCUT2D eigenvalue weighted by atomic mass is 35.5. The van der Waals surface area contributed by atoms with Gasteiger partial charge in [0.15, 0.2) is 0 Å². The van der Waals surface area contributed by atoms with Crippen molar-refractivity contribution in [3.63, 3.8) is 0 Å². The van der Waals surface area contributed by atoms with Gasteiger partial charge in [0.1, 0.15) is 6.04 Å². The summed E-state index contributed by atoms with van der Waals surface area (Å²) in [5.74, 6) is -1.44. The number of anilines is 1. The fourth-order valence-corrected chi connectivity index (χ4v) is 4.22. The number of amides is 1. The highest BCUT2D eigenvalue weighted by Gasteiger charge is 2.20. The van der Waals surface area contributed by atoms with Gasteiger partial charge in [0.25, 0.3) is 5.91 Å². The fraction of sp³-hybridized carbons (Fsp3) is 0.286.